The molecule has 6 heteroatoms. The summed E-state index contributed by atoms with van der Waals surface area (Å²) in [5, 5.41) is 5.10. The molecule has 0 aliphatic carbocycles. The summed E-state index contributed by atoms with van der Waals surface area (Å²) in [4.78, 5) is 0.933. The molecule has 0 bridgehead atoms. The maximum Gasteiger partial charge on any atom is 0.137 e. The molecule has 0 fully saturated rings. The molecule has 1 N–H and O–H groups in total. The van der Waals surface area contributed by atoms with Gasteiger partial charge in [-0.3, -0.25) is 0 Å². The lowest BCUT2D eigenvalue weighted by atomic mass is 10.0. The SMILES string of the molecule is CCNC(c1cc(F)c(Br)cc1F)c1sccc1Br. The smallest absolute Gasteiger partial charge is 0.137 e. The van der Waals surface area contributed by atoms with Crippen molar-refractivity contribution in [2.45, 2.75) is 13.0 Å². The molecule has 0 saturated heterocycles. The molecule has 1 aromatic heterocycles. The maximum absolute atomic E-state index is 14.1. The van der Waals surface area contributed by atoms with Crippen molar-refractivity contribution < 1.29 is 8.78 Å². The average Bonchev–Trinajstić information content (AvgIpc) is 2.77. The number of halogens is 4. The number of rotatable bonds is 4. The van der Waals surface area contributed by atoms with Crippen LogP contribution in [0.2, 0.25) is 0 Å². The van der Waals surface area contributed by atoms with Gasteiger partial charge in [0.25, 0.3) is 0 Å². The first-order valence-corrected chi connectivity index (χ1v) is 8.11. The van der Waals surface area contributed by atoms with Gasteiger partial charge in [0.1, 0.15) is 11.6 Å². The molecule has 0 saturated carbocycles. The highest BCUT2D eigenvalue weighted by molar-refractivity contribution is 9.10. The van der Waals surface area contributed by atoms with Crippen LogP contribution in [0.3, 0.4) is 0 Å². The van der Waals surface area contributed by atoms with Gasteiger partial charge in [-0.15, -0.1) is 11.3 Å². The van der Waals surface area contributed by atoms with Gasteiger partial charge >= 0.3 is 0 Å². The average molecular weight is 411 g/mol. The van der Waals surface area contributed by atoms with Gasteiger partial charge in [-0.1, -0.05) is 6.92 Å². The van der Waals surface area contributed by atoms with Crippen molar-refractivity contribution in [3.63, 3.8) is 0 Å². The van der Waals surface area contributed by atoms with Crippen molar-refractivity contribution in [3.05, 3.63) is 54.6 Å². The van der Waals surface area contributed by atoms with E-state index in [0.717, 1.165) is 15.4 Å². The molecule has 0 radical (unpaired) electrons. The fourth-order valence-electron chi connectivity index (χ4n) is 1.82. The quantitative estimate of drug-likeness (QED) is 0.678. The number of hydrogen-bond acceptors (Lipinski definition) is 2. The highest BCUT2D eigenvalue weighted by Gasteiger charge is 2.22. The number of thiophene rings is 1. The largest absolute Gasteiger partial charge is 0.306 e. The zero-order chi connectivity index (χ0) is 14.0. The second-order valence-electron chi connectivity index (χ2n) is 3.91. The van der Waals surface area contributed by atoms with E-state index < -0.39 is 11.6 Å². The lowest BCUT2D eigenvalue weighted by molar-refractivity contribution is 0.545. The third kappa shape index (κ3) is 3.24. The molecule has 19 heavy (non-hydrogen) atoms. The molecule has 1 unspecified atom stereocenters. The Morgan fingerprint density at radius 2 is 1.95 bits per heavy atom. The van der Waals surface area contributed by atoms with Gasteiger partial charge in [-0.2, -0.15) is 0 Å². The highest BCUT2D eigenvalue weighted by atomic mass is 79.9. The van der Waals surface area contributed by atoms with Gasteiger partial charge in [0.05, 0.1) is 10.5 Å². The molecule has 1 atom stereocenters. The van der Waals surface area contributed by atoms with Crippen molar-refractivity contribution >= 4 is 43.2 Å². The molecule has 2 rings (SSSR count). The predicted molar refractivity (Wildman–Crippen MR) is 81.6 cm³/mol. The van der Waals surface area contributed by atoms with Crippen molar-refractivity contribution in [2.24, 2.45) is 0 Å². The van der Waals surface area contributed by atoms with Gasteiger partial charge in [0.2, 0.25) is 0 Å². The van der Waals surface area contributed by atoms with Crippen molar-refractivity contribution in [1.29, 1.82) is 0 Å². The fourth-order valence-corrected chi connectivity index (χ4v) is 3.83. The van der Waals surface area contributed by atoms with Crippen LogP contribution in [-0.4, -0.2) is 6.54 Å². The van der Waals surface area contributed by atoms with Crippen molar-refractivity contribution in [3.8, 4) is 0 Å². The Morgan fingerprint density at radius 3 is 2.53 bits per heavy atom. The van der Waals surface area contributed by atoms with E-state index in [1.54, 1.807) is 0 Å². The fraction of sp³-hybridized carbons (Fsp3) is 0.231. The molecule has 2 aromatic rings. The van der Waals surface area contributed by atoms with Crippen LogP contribution < -0.4 is 5.32 Å². The van der Waals surface area contributed by atoms with Crippen molar-refractivity contribution in [2.75, 3.05) is 6.54 Å². The van der Waals surface area contributed by atoms with Crippen LogP contribution in [0.25, 0.3) is 0 Å². The monoisotopic (exact) mass is 409 g/mol. The van der Waals surface area contributed by atoms with Gasteiger partial charge < -0.3 is 5.32 Å². The Morgan fingerprint density at radius 1 is 1.21 bits per heavy atom. The van der Waals surface area contributed by atoms with Gasteiger partial charge in [0, 0.05) is 14.9 Å². The van der Waals surface area contributed by atoms with E-state index in [4.69, 9.17) is 0 Å². The Balaban J connectivity index is 2.51. The molecule has 1 nitrogen and oxygen atoms in total. The summed E-state index contributed by atoms with van der Waals surface area (Å²) in [6.07, 6.45) is 0. The van der Waals surface area contributed by atoms with Gasteiger partial charge in [-0.25, -0.2) is 8.78 Å². The number of hydrogen-bond donors (Lipinski definition) is 1. The van der Waals surface area contributed by atoms with E-state index in [0.29, 0.717) is 12.1 Å². The Labute approximate surface area is 131 Å². The Bertz CT molecular complexity index is 586. The Kier molecular flexibility index (Phi) is 5.11. The zero-order valence-corrected chi connectivity index (χ0v) is 14.0. The minimum atomic E-state index is -0.466. The molecule has 0 amide bonds. The second-order valence-corrected chi connectivity index (χ2v) is 6.57. The summed E-state index contributed by atoms with van der Waals surface area (Å²) in [5.74, 6) is -0.897. The minimum absolute atomic E-state index is 0.134. The zero-order valence-electron chi connectivity index (χ0n) is 10.0. The third-order valence-corrected chi connectivity index (χ3v) is 5.21. The van der Waals surface area contributed by atoms with Gasteiger partial charge in [0.15, 0.2) is 0 Å². The molecule has 0 aliphatic rings. The minimum Gasteiger partial charge on any atom is -0.306 e. The molecular weight excluding hydrogens is 400 g/mol. The van der Waals surface area contributed by atoms with Crippen LogP contribution in [0.4, 0.5) is 8.78 Å². The van der Waals surface area contributed by atoms with E-state index in [1.807, 2.05) is 18.4 Å². The summed E-state index contributed by atoms with van der Waals surface area (Å²) in [6.45, 7) is 2.59. The molecular formula is C13H11Br2F2NS. The number of benzene rings is 1. The molecule has 0 spiro atoms. The lowest BCUT2D eigenvalue weighted by Gasteiger charge is -2.19. The molecule has 102 valence electrons. The first-order valence-electron chi connectivity index (χ1n) is 5.65. The van der Waals surface area contributed by atoms with E-state index in [1.165, 1.54) is 17.4 Å². The maximum atomic E-state index is 14.1. The standard InChI is InChI=1S/C13H11Br2F2NS/c1-2-18-12(13-8(14)3-4-19-13)7-5-11(17)9(15)6-10(7)16/h3-6,12,18H,2H2,1H3. The molecule has 0 aliphatic heterocycles. The predicted octanol–water partition coefficient (Wildman–Crippen LogP) is 5.25. The Hall–Kier alpha value is -0.300. The summed E-state index contributed by atoms with van der Waals surface area (Å²) < 4.78 is 28.8. The number of nitrogens with one attached hydrogen (secondary N) is 1. The van der Waals surface area contributed by atoms with Gasteiger partial charge in [-0.05, 0) is 62.0 Å². The summed E-state index contributed by atoms with van der Waals surface area (Å²) in [7, 11) is 0. The van der Waals surface area contributed by atoms with Crippen LogP contribution in [0.15, 0.2) is 32.5 Å². The van der Waals surface area contributed by atoms with E-state index in [2.05, 4.69) is 37.2 Å². The third-order valence-electron chi connectivity index (χ3n) is 2.67. The van der Waals surface area contributed by atoms with Crippen LogP contribution in [0.5, 0.6) is 0 Å². The normalized spacial score (nSPS) is 12.7. The molecule has 1 heterocycles. The topological polar surface area (TPSA) is 12.0 Å². The van der Waals surface area contributed by atoms with Crippen LogP contribution >= 0.6 is 43.2 Å². The van der Waals surface area contributed by atoms with E-state index >= 15 is 0 Å². The van der Waals surface area contributed by atoms with E-state index in [9.17, 15) is 8.78 Å². The first kappa shape index (κ1) is 15.1. The lowest BCUT2D eigenvalue weighted by Crippen LogP contribution is -2.22. The van der Waals surface area contributed by atoms with Crippen LogP contribution in [0.1, 0.15) is 23.4 Å². The first-order chi connectivity index (χ1) is 9.04. The summed E-state index contributed by atoms with van der Waals surface area (Å²) in [5.41, 5.74) is 0.311. The second kappa shape index (κ2) is 6.43. The summed E-state index contributed by atoms with van der Waals surface area (Å²) in [6, 6.07) is 3.94. The van der Waals surface area contributed by atoms with Crippen LogP contribution in [-0.2, 0) is 0 Å². The summed E-state index contributed by atoms with van der Waals surface area (Å²) >= 11 is 7.93. The molecule has 1 aromatic carbocycles. The van der Waals surface area contributed by atoms with E-state index in [-0.39, 0.29) is 10.5 Å². The van der Waals surface area contributed by atoms with Crippen molar-refractivity contribution in [1.82, 2.24) is 5.32 Å². The highest BCUT2D eigenvalue weighted by Crippen LogP contribution is 2.35. The van der Waals surface area contributed by atoms with Crippen LogP contribution in [0, 0.1) is 11.6 Å².